The predicted molar refractivity (Wildman–Crippen MR) is 88.2 cm³/mol. The van der Waals surface area contributed by atoms with Gasteiger partial charge >= 0.3 is 0 Å². The highest BCUT2D eigenvalue weighted by Crippen LogP contribution is 2.07. The summed E-state index contributed by atoms with van der Waals surface area (Å²) < 4.78 is 0. The second kappa shape index (κ2) is 7.70. The number of pyridine rings is 1. The normalized spacial score (nSPS) is 9.95. The van der Waals surface area contributed by atoms with Gasteiger partial charge in [0.1, 0.15) is 5.69 Å². The van der Waals surface area contributed by atoms with Crippen molar-refractivity contribution in [2.24, 2.45) is 0 Å². The summed E-state index contributed by atoms with van der Waals surface area (Å²) >= 11 is 6.80. The van der Waals surface area contributed by atoms with E-state index in [1.54, 1.807) is 23.5 Å². The maximum atomic E-state index is 11.8. The lowest BCUT2D eigenvalue weighted by molar-refractivity contribution is 0.0938. The van der Waals surface area contributed by atoms with Crippen LogP contribution in [-0.2, 0) is 6.42 Å². The van der Waals surface area contributed by atoms with Gasteiger partial charge in [-0.05, 0) is 49.1 Å². The Bertz CT molecular complexity index is 613. The first kappa shape index (κ1) is 15.4. The zero-order chi connectivity index (χ0) is 15.1. The van der Waals surface area contributed by atoms with Crippen molar-refractivity contribution in [1.29, 1.82) is 0 Å². The van der Waals surface area contributed by atoms with E-state index in [0.29, 0.717) is 17.4 Å². The molecule has 0 spiro atoms. The quantitative estimate of drug-likeness (QED) is 0.592. The number of carbonyl (C=O) groups excluding carboxylic acids is 1. The first-order chi connectivity index (χ1) is 10.1. The Kier molecular flexibility index (Phi) is 5.65. The molecule has 0 saturated heterocycles. The van der Waals surface area contributed by atoms with Gasteiger partial charge in [-0.1, -0.05) is 12.1 Å². The van der Waals surface area contributed by atoms with Gasteiger partial charge in [-0.3, -0.25) is 15.6 Å². The predicted octanol–water partition coefficient (Wildman–Crippen LogP) is 1.80. The third-order valence-corrected chi connectivity index (χ3v) is 3.83. The molecule has 0 aliphatic rings. The molecular weight excluding hydrogens is 304 g/mol. The van der Waals surface area contributed by atoms with Crippen LogP contribution in [0, 0.1) is 6.92 Å². The number of hydrazine groups is 1. The third-order valence-electron chi connectivity index (χ3n) is 2.65. The molecule has 0 fully saturated rings. The van der Waals surface area contributed by atoms with Crippen molar-refractivity contribution in [2.75, 3.05) is 6.54 Å². The molecule has 3 N–H and O–H groups in total. The second-order valence-corrected chi connectivity index (χ2v) is 5.77. The van der Waals surface area contributed by atoms with Crippen molar-refractivity contribution in [1.82, 2.24) is 21.2 Å². The average Bonchev–Trinajstić information content (AvgIpc) is 2.98. The number of carbonyl (C=O) groups is 1. The Morgan fingerprint density at radius 2 is 2.14 bits per heavy atom. The van der Waals surface area contributed by atoms with Gasteiger partial charge in [-0.25, -0.2) is 4.98 Å². The van der Waals surface area contributed by atoms with Crippen LogP contribution in [0.4, 0.5) is 0 Å². The molecule has 0 radical (unpaired) electrons. The summed E-state index contributed by atoms with van der Waals surface area (Å²) in [4.78, 5) is 17.3. The van der Waals surface area contributed by atoms with E-state index in [-0.39, 0.29) is 5.91 Å². The molecule has 0 aliphatic carbocycles. The highest BCUT2D eigenvalue weighted by atomic mass is 32.1. The largest absolute Gasteiger partial charge is 0.361 e. The van der Waals surface area contributed by atoms with E-state index in [9.17, 15) is 4.79 Å². The van der Waals surface area contributed by atoms with Crippen LogP contribution in [0.5, 0.6) is 0 Å². The number of hydrogen-bond donors (Lipinski definition) is 3. The van der Waals surface area contributed by atoms with E-state index < -0.39 is 0 Å². The minimum atomic E-state index is -0.318. The van der Waals surface area contributed by atoms with Crippen LogP contribution in [0.25, 0.3) is 0 Å². The molecule has 0 aliphatic heterocycles. The van der Waals surface area contributed by atoms with Crippen molar-refractivity contribution in [3.05, 3.63) is 52.0 Å². The van der Waals surface area contributed by atoms with Crippen LogP contribution in [0.3, 0.4) is 0 Å². The summed E-state index contributed by atoms with van der Waals surface area (Å²) in [5.74, 6) is -0.318. The summed E-state index contributed by atoms with van der Waals surface area (Å²) in [6, 6.07) is 9.37. The minimum Gasteiger partial charge on any atom is -0.361 e. The number of thiocarbonyl (C=S) groups is 1. The van der Waals surface area contributed by atoms with E-state index in [2.05, 4.69) is 27.2 Å². The van der Waals surface area contributed by atoms with Crippen LogP contribution in [-0.4, -0.2) is 22.5 Å². The third kappa shape index (κ3) is 5.13. The van der Waals surface area contributed by atoms with Crippen molar-refractivity contribution in [2.45, 2.75) is 13.3 Å². The Balaban J connectivity index is 1.70. The molecular formula is C14H16N4OS2. The van der Waals surface area contributed by atoms with E-state index in [1.807, 2.05) is 24.4 Å². The van der Waals surface area contributed by atoms with Gasteiger partial charge in [0.15, 0.2) is 5.11 Å². The molecule has 2 heterocycles. The zero-order valence-corrected chi connectivity index (χ0v) is 13.2. The van der Waals surface area contributed by atoms with Crippen molar-refractivity contribution >= 4 is 34.6 Å². The van der Waals surface area contributed by atoms with Gasteiger partial charge in [0.25, 0.3) is 5.91 Å². The fraction of sp³-hybridized carbons (Fsp3) is 0.214. The standard InChI is InChI=1S/C14H16N4OS2/c1-10-4-2-6-12(16-10)13(19)17-18-14(20)15-8-7-11-5-3-9-21-11/h2-6,9H,7-8H2,1H3,(H,17,19)(H2,15,18,20). The first-order valence-corrected chi connectivity index (χ1v) is 7.74. The minimum absolute atomic E-state index is 0.318. The fourth-order valence-electron chi connectivity index (χ4n) is 1.65. The number of nitrogens with zero attached hydrogens (tertiary/aromatic N) is 1. The topological polar surface area (TPSA) is 66.1 Å². The van der Waals surface area contributed by atoms with Crippen molar-refractivity contribution in [3.63, 3.8) is 0 Å². The van der Waals surface area contributed by atoms with Gasteiger partial charge in [0.2, 0.25) is 0 Å². The fourth-order valence-corrected chi connectivity index (χ4v) is 2.51. The number of aromatic nitrogens is 1. The highest BCUT2D eigenvalue weighted by Gasteiger charge is 2.06. The second-order valence-electron chi connectivity index (χ2n) is 4.33. The maximum absolute atomic E-state index is 11.8. The molecule has 0 atom stereocenters. The molecule has 5 nitrogen and oxygen atoms in total. The summed E-state index contributed by atoms with van der Waals surface area (Å²) in [5, 5.41) is 5.46. The van der Waals surface area contributed by atoms with E-state index in [0.717, 1.165) is 12.1 Å². The molecule has 0 bridgehead atoms. The van der Waals surface area contributed by atoms with Crippen LogP contribution >= 0.6 is 23.6 Å². The number of amides is 1. The Morgan fingerprint density at radius 3 is 2.86 bits per heavy atom. The maximum Gasteiger partial charge on any atom is 0.288 e. The van der Waals surface area contributed by atoms with Crippen LogP contribution < -0.4 is 16.2 Å². The highest BCUT2D eigenvalue weighted by molar-refractivity contribution is 7.80. The molecule has 1 amide bonds. The lowest BCUT2D eigenvalue weighted by Crippen LogP contribution is -2.47. The number of rotatable bonds is 4. The lowest BCUT2D eigenvalue weighted by Gasteiger charge is -2.11. The van der Waals surface area contributed by atoms with Crippen LogP contribution in [0.15, 0.2) is 35.7 Å². The summed E-state index contributed by atoms with van der Waals surface area (Å²) in [6.07, 6.45) is 0.896. The first-order valence-electron chi connectivity index (χ1n) is 6.45. The molecule has 0 saturated carbocycles. The van der Waals surface area contributed by atoms with Gasteiger partial charge in [-0.15, -0.1) is 11.3 Å². The smallest absolute Gasteiger partial charge is 0.288 e. The number of aryl methyl sites for hydroxylation is 1. The average molecular weight is 320 g/mol. The molecule has 2 rings (SSSR count). The lowest BCUT2D eigenvalue weighted by atomic mass is 10.3. The van der Waals surface area contributed by atoms with Gasteiger partial charge in [-0.2, -0.15) is 0 Å². The number of nitrogens with one attached hydrogen (secondary N) is 3. The number of thiophene rings is 1. The van der Waals surface area contributed by atoms with E-state index >= 15 is 0 Å². The monoisotopic (exact) mass is 320 g/mol. The van der Waals surface area contributed by atoms with Crippen LogP contribution in [0.1, 0.15) is 21.1 Å². The molecule has 0 unspecified atom stereocenters. The van der Waals surface area contributed by atoms with Gasteiger partial charge in [0, 0.05) is 17.1 Å². The zero-order valence-electron chi connectivity index (χ0n) is 11.6. The summed E-state index contributed by atoms with van der Waals surface area (Å²) in [6.45, 7) is 2.55. The van der Waals surface area contributed by atoms with E-state index in [4.69, 9.17) is 12.2 Å². The van der Waals surface area contributed by atoms with Crippen molar-refractivity contribution < 1.29 is 4.79 Å². The summed E-state index contributed by atoms with van der Waals surface area (Å²) in [7, 11) is 0. The van der Waals surface area contributed by atoms with E-state index in [1.165, 1.54) is 4.88 Å². The Hall–Kier alpha value is -1.99. The summed E-state index contributed by atoms with van der Waals surface area (Å²) in [5.41, 5.74) is 6.32. The van der Waals surface area contributed by atoms with Crippen molar-refractivity contribution in [3.8, 4) is 0 Å². The molecule has 2 aromatic rings. The molecule has 0 aromatic carbocycles. The van der Waals surface area contributed by atoms with Gasteiger partial charge < -0.3 is 5.32 Å². The Labute approximate surface area is 132 Å². The molecule has 110 valence electrons. The molecule has 7 heteroatoms. The number of hydrogen-bond acceptors (Lipinski definition) is 4. The molecule has 2 aromatic heterocycles. The van der Waals surface area contributed by atoms with Crippen LogP contribution in [0.2, 0.25) is 0 Å². The Morgan fingerprint density at radius 1 is 1.29 bits per heavy atom. The molecule has 21 heavy (non-hydrogen) atoms. The van der Waals surface area contributed by atoms with Gasteiger partial charge in [0.05, 0.1) is 0 Å². The SMILES string of the molecule is Cc1cccc(C(=O)NNC(=S)NCCc2cccs2)n1.